The van der Waals surface area contributed by atoms with Gasteiger partial charge in [-0.2, -0.15) is 0 Å². The predicted octanol–water partition coefficient (Wildman–Crippen LogP) is 5.38. The number of ether oxygens (including phenoxy) is 2. The van der Waals surface area contributed by atoms with Crippen molar-refractivity contribution in [3.63, 3.8) is 0 Å². The van der Waals surface area contributed by atoms with Crippen LogP contribution in [0.25, 0.3) is 0 Å². The molecule has 0 fully saturated rings. The number of fused-ring (bicyclic) bond motifs is 1. The first-order valence-electron chi connectivity index (χ1n) is 11.5. The summed E-state index contributed by atoms with van der Waals surface area (Å²) < 4.78 is 40.6. The number of nitrogens with zero attached hydrogens (tertiary/aromatic N) is 1. The minimum absolute atomic E-state index is 0.119. The molecular weight excluding hydrogens is 544 g/mol. The van der Waals surface area contributed by atoms with Crippen molar-refractivity contribution >= 4 is 37.5 Å². The number of anilines is 1. The summed E-state index contributed by atoms with van der Waals surface area (Å²) in [5.41, 5.74) is 1.63. The number of hydrogen-bond acceptors (Lipinski definition) is 5. The average molecular weight is 574 g/mol. The Kier molecular flexibility index (Phi) is 7.33. The molecule has 1 unspecified atom stereocenters. The number of sulfonamides is 1. The summed E-state index contributed by atoms with van der Waals surface area (Å²) in [6.07, 6.45) is 0.529. The molecule has 0 aliphatic carbocycles. The van der Waals surface area contributed by atoms with Crippen molar-refractivity contribution in [1.29, 1.82) is 0 Å². The zero-order valence-corrected chi connectivity index (χ0v) is 23.0. The van der Waals surface area contributed by atoms with Crippen LogP contribution in [0.4, 0.5) is 5.69 Å². The number of rotatable bonds is 7. The van der Waals surface area contributed by atoms with Crippen molar-refractivity contribution in [2.45, 2.75) is 43.7 Å². The molecule has 0 saturated heterocycles. The standard InChI is InChI=1S/C27H29BrN2O5S/c1-18-5-12-22(13-6-18)36(32,33)30(20-9-7-19(28)8-10-20)17-26(31)29-24-16-27(2,3)35-25-15-21(34-4)11-14-23(24)25/h5-15,24H,16-17H2,1-4H3,(H,29,31). The number of nitrogens with one attached hydrogen (secondary N) is 1. The Morgan fingerprint density at radius 1 is 1.11 bits per heavy atom. The van der Waals surface area contributed by atoms with Gasteiger partial charge in [0.25, 0.3) is 10.0 Å². The summed E-state index contributed by atoms with van der Waals surface area (Å²) in [6, 6.07) is 18.5. The van der Waals surface area contributed by atoms with Crippen LogP contribution < -0.4 is 19.1 Å². The first-order valence-corrected chi connectivity index (χ1v) is 13.7. The minimum Gasteiger partial charge on any atom is -0.497 e. The average Bonchev–Trinajstić information content (AvgIpc) is 2.82. The Hall–Kier alpha value is -3.04. The number of benzene rings is 3. The van der Waals surface area contributed by atoms with Crippen molar-refractivity contribution in [3.05, 3.63) is 82.3 Å². The maximum absolute atomic E-state index is 13.6. The molecule has 7 nitrogen and oxygen atoms in total. The van der Waals surface area contributed by atoms with Crippen LogP contribution in [0.5, 0.6) is 11.5 Å². The summed E-state index contributed by atoms with van der Waals surface area (Å²) in [6.45, 7) is 5.41. The SMILES string of the molecule is COc1ccc2c(c1)OC(C)(C)CC2NC(=O)CN(c1ccc(Br)cc1)S(=O)(=O)c1ccc(C)cc1. The van der Waals surface area contributed by atoms with Crippen LogP contribution in [-0.4, -0.2) is 33.6 Å². The monoisotopic (exact) mass is 572 g/mol. The lowest BCUT2D eigenvalue weighted by Gasteiger charge is -2.38. The number of carbonyl (C=O) groups excluding carboxylic acids is 1. The fourth-order valence-electron chi connectivity index (χ4n) is 4.22. The van der Waals surface area contributed by atoms with Crippen LogP contribution in [0.2, 0.25) is 0 Å². The molecule has 1 heterocycles. The van der Waals surface area contributed by atoms with Gasteiger partial charge >= 0.3 is 0 Å². The third-order valence-electron chi connectivity index (χ3n) is 6.02. The molecule has 36 heavy (non-hydrogen) atoms. The van der Waals surface area contributed by atoms with Gasteiger partial charge in [0.15, 0.2) is 0 Å². The van der Waals surface area contributed by atoms with Crippen molar-refractivity contribution in [1.82, 2.24) is 5.32 Å². The Labute approximate surface area is 220 Å². The highest BCUT2D eigenvalue weighted by Crippen LogP contribution is 2.41. The summed E-state index contributed by atoms with van der Waals surface area (Å²) in [7, 11) is -2.41. The molecule has 3 aromatic rings. The van der Waals surface area contributed by atoms with Gasteiger partial charge in [0, 0.05) is 22.5 Å². The normalized spacial score (nSPS) is 16.4. The Balaban J connectivity index is 1.64. The molecule has 0 aromatic heterocycles. The molecule has 0 bridgehead atoms. The zero-order chi connectivity index (χ0) is 26.1. The van der Waals surface area contributed by atoms with Gasteiger partial charge < -0.3 is 14.8 Å². The van der Waals surface area contributed by atoms with Crippen molar-refractivity contribution < 1.29 is 22.7 Å². The zero-order valence-electron chi connectivity index (χ0n) is 20.6. The van der Waals surface area contributed by atoms with E-state index in [-0.39, 0.29) is 17.5 Å². The minimum atomic E-state index is -4.00. The van der Waals surface area contributed by atoms with Crippen LogP contribution in [0, 0.1) is 6.92 Å². The molecule has 1 aliphatic heterocycles. The van der Waals surface area contributed by atoms with Crippen molar-refractivity contribution in [3.8, 4) is 11.5 Å². The van der Waals surface area contributed by atoms with E-state index in [1.165, 1.54) is 0 Å². The second-order valence-electron chi connectivity index (χ2n) is 9.39. The highest BCUT2D eigenvalue weighted by Gasteiger charge is 2.36. The highest BCUT2D eigenvalue weighted by atomic mass is 79.9. The fourth-order valence-corrected chi connectivity index (χ4v) is 5.90. The third-order valence-corrected chi connectivity index (χ3v) is 8.34. The van der Waals surface area contributed by atoms with Gasteiger partial charge in [0.05, 0.1) is 23.7 Å². The van der Waals surface area contributed by atoms with E-state index in [1.807, 2.05) is 32.9 Å². The summed E-state index contributed by atoms with van der Waals surface area (Å²) in [5.74, 6) is 0.869. The molecule has 3 aromatic carbocycles. The van der Waals surface area contributed by atoms with Gasteiger partial charge in [-0.25, -0.2) is 8.42 Å². The lowest BCUT2D eigenvalue weighted by molar-refractivity contribution is -0.120. The Morgan fingerprint density at radius 3 is 2.42 bits per heavy atom. The van der Waals surface area contributed by atoms with E-state index >= 15 is 0 Å². The van der Waals surface area contributed by atoms with Gasteiger partial charge in [0.2, 0.25) is 5.91 Å². The lowest BCUT2D eigenvalue weighted by atomic mass is 9.89. The van der Waals surface area contributed by atoms with E-state index in [1.54, 1.807) is 61.7 Å². The molecule has 190 valence electrons. The Morgan fingerprint density at radius 2 is 1.78 bits per heavy atom. The smallest absolute Gasteiger partial charge is 0.264 e. The van der Waals surface area contributed by atoms with Crippen LogP contribution in [-0.2, 0) is 14.8 Å². The van der Waals surface area contributed by atoms with E-state index in [0.29, 0.717) is 23.6 Å². The molecule has 0 saturated carbocycles. The Bertz CT molecular complexity index is 1360. The third kappa shape index (κ3) is 5.68. The van der Waals surface area contributed by atoms with Crippen LogP contribution in [0.3, 0.4) is 0 Å². The number of methoxy groups -OCH3 is 1. The molecule has 1 amide bonds. The van der Waals surface area contributed by atoms with Crippen LogP contribution in [0.15, 0.2) is 76.1 Å². The maximum Gasteiger partial charge on any atom is 0.264 e. The van der Waals surface area contributed by atoms with E-state index in [2.05, 4.69) is 21.2 Å². The van der Waals surface area contributed by atoms with E-state index < -0.39 is 21.5 Å². The quantitative estimate of drug-likeness (QED) is 0.411. The van der Waals surface area contributed by atoms with Gasteiger partial charge in [-0.15, -0.1) is 0 Å². The summed E-state index contributed by atoms with van der Waals surface area (Å²) >= 11 is 3.38. The van der Waals surface area contributed by atoms with E-state index in [0.717, 1.165) is 19.9 Å². The topological polar surface area (TPSA) is 84.9 Å². The molecular formula is C27H29BrN2O5S. The second-order valence-corrected chi connectivity index (χ2v) is 12.2. The number of halogens is 1. The largest absolute Gasteiger partial charge is 0.497 e. The van der Waals surface area contributed by atoms with E-state index in [9.17, 15) is 13.2 Å². The molecule has 0 radical (unpaired) electrons. The molecule has 9 heteroatoms. The molecule has 0 spiro atoms. The van der Waals surface area contributed by atoms with Crippen molar-refractivity contribution in [2.75, 3.05) is 18.0 Å². The maximum atomic E-state index is 13.6. The van der Waals surface area contributed by atoms with E-state index in [4.69, 9.17) is 9.47 Å². The first-order chi connectivity index (χ1) is 17.0. The molecule has 1 N–H and O–H groups in total. The van der Waals surface area contributed by atoms with Crippen molar-refractivity contribution in [2.24, 2.45) is 0 Å². The molecule has 1 atom stereocenters. The predicted molar refractivity (Wildman–Crippen MR) is 143 cm³/mol. The van der Waals surface area contributed by atoms with Gasteiger partial charge in [0.1, 0.15) is 23.6 Å². The fraction of sp³-hybridized carbons (Fsp3) is 0.296. The number of carbonyl (C=O) groups is 1. The summed E-state index contributed by atoms with van der Waals surface area (Å²) in [5, 5.41) is 3.04. The lowest BCUT2D eigenvalue weighted by Crippen LogP contribution is -2.45. The van der Waals surface area contributed by atoms with Gasteiger partial charge in [-0.1, -0.05) is 33.6 Å². The highest BCUT2D eigenvalue weighted by molar-refractivity contribution is 9.10. The number of aryl methyl sites for hydroxylation is 1. The first kappa shape index (κ1) is 26.0. The van der Waals surface area contributed by atoms with Gasteiger partial charge in [-0.3, -0.25) is 9.10 Å². The van der Waals surface area contributed by atoms with Crippen LogP contribution >= 0.6 is 15.9 Å². The van der Waals surface area contributed by atoms with Crippen LogP contribution in [0.1, 0.15) is 37.4 Å². The number of hydrogen-bond donors (Lipinski definition) is 1. The molecule has 1 aliphatic rings. The van der Waals surface area contributed by atoms with Gasteiger partial charge in [-0.05, 0) is 69.3 Å². The molecule has 4 rings (SSSR count). The number of amides is 1. The second kappa shape index (κ2) is 10.1. The summed E-state index contributed by atoms with van der Waals surface area (Å²) in [4.78, 5) is 13.5.